The third-order valence-electron chi connectivity index (χ3n) is 4.06. The van der Waals surface area contributed by atoms with Gasteiger partial charge in [0.05, 0.1) is 12.8 Å². The summed E-state index contributed by atoms with van der Waals surface area (Å²) in [5, 5.41) is 9.25. The topological polar surface area (TPSA) is 90.7 Å². The Labute approximate surface area is 171 Å². The van der Waals surface area contributed by atoms with Crippen molar-refractivity contribution in [2.24, 2.45) is 0 Å². The fourth-order valence-electron chi connectivity index (χ4n) is 2.65. The van der Waals surface area contributed by atoms with Gasteiger partial charge in [0.25, 0.3) is 0 Å². The minimum absolute atomic E-state index is 0.187. The van der Waals surface area contributed by atoms with Gasteiger partial charge >= 0.3 is 0 Å². The first-order valence-electron chi connectivity index (χ1n) is 8.88. The summed E-state index contributed by atoms with van der Waals surface area (Å²) < 4.78 is 23.2. The molecule has 0 bridgehead atoms. The molecule has 0 amide bonds. The van der Waals surface area contributed by atoms with Gasteiger partial charge in [-0.1, -0.05) is 15.9 Å². The third kappa shape index (κ3) is 5.52. The van der Waals surface area contributed by atoms with E-state index in [1.807, 2.05) is 6.07 Å². The summed E-state index contributed by atoms with van der Waals surface area (Å²) in [6.07, 6.45) is 4.97. The zero-order valence-corrected chi connectivity index (χ0v) is 16.7. The molecule has 1 atom stereocenters. The first-order chi connectivity index (χ1) is 13.7. The molecule has 0 radical (unpaired) electrons. The molecule has 2 aromatic rings. The molecule has 7 nitrogen and oxygen atoms in total. The second kappa shape index (κ2) is 10.2. The average molecular weight is 447 g/mol. The maximum atomic E-state index is 11.1. The van der Waals surface area contributed by atoms with Crippen molar-refractivity contribution in [1.29, 1.82) is 5.26 Å². The maximum absolute atomic E-state index is 11.1. The van der Waals surface area contributed by atoms with E-state index in [0.29, 0.717) is 33.7 Å². The van der Waals surface area contributed by atoms with E-state index in [9.17, 15) is 10.1 Å². The van der Waals surface area contributed by atoms with Crippen LogP contribution in [-0.2, 0) is 9.47 Å². The molecular weight excluding hydrogens is 428 g/mol. The van der Waals surface area contributed by atoms with Crippen LogP contribution in [0.2, 0.25) is 0 Å². The van der Waals surface area contributed by atoms with E-state index in [1.165, 1.54) is 12.3 Å². The smallest absolute Gasteiger partial charge is 0.222 e. The summed E-state index contributed by atoms with van der Waals surface area (Å²) in [6, 6.07) is 8.59. The third-order valence-corrected chi connectivity index (χ3v) is 4.78. The Hall–Kier alpha value is -2.47. The molecule has 2 heterocycles. The minimum Gasteiger partial charge on any atom is -0.490 e. The summed E-state index contributed by atoms with van der Waals surface area (Å²) >= 11 is 3.29. The van der Waals surface area contributed by atoms with Crippen LogP contribution in [0, 0.1) is 11.3 Å². The molecule has 28 heavy (non-hydrogen) atoms. The van der Waals surface area contributed by atoms with Gasteiger partial charge in [0, 0.05) is 22.7 Å². The molecule has 1 aromatic heterocycles. The van der Waals surface area contributed by atoms with Crippen LogP contribution in [0.5, 0.6) is 17.4 Å². The number of carbonyl (C=O) groups is 1. The number of nitrogens with zero attached hydrogens (tertiary/aromatic N) is 2. The Morgan fingerprint density at radius 3 is 2.96 bits per heavy atom. The van der Waals surface area contributed by atoms with E-state index in [-0.39, 0.29) is 18.8 Å². The number of hydrogen-bond donors (Lipinski definition) is 0. The molecule has 8 heteroatoms. The number of aldehydes is 1. The molecule has 0 spiro atoms. The first kappa shape index (κ1) is 20.3. The molecular formula is C20H19BrN2O5. The van der Waals surface area contributed by atoms with Crippen molar-refractivity contribution in [1.82, 2.24) is 4.98 Å². The molecule has 3 rings (SSSR count). The fraction of sp³-hybridized carbons (Fsp3) is 0.350. The lowest BCUT2D eigenvalue weighted by Gasteiger charge is -2.22. The fourth-order valence-corrected chi connectivity index (χ4v) is 2.99. The van der Waals surface area contributed by atoms with Crippen LogP contribution in [-0.4, -0.2) is 37.4 Å². The lowest BCUT2D eigenvalue weighted by Crippen LogP contribution is -2.24. The average Bonchev–Trinajstić information content (AvgIpc) is 2.73. The van der Waals surface area contributed by atoms with Crippen molar-refractivity contribution in [3.05, 3.63) is 46.1 Å². The monoisotopic (exact) mass is 446 g/mol. The largest absolute Gasteiger partial charge is 0.490 e. The quantitative estimate of drug-likeness (QED) is 0.442. The van der Waals surface area contributed by atoms with Crippen molar-refractivity contribution >= 4 is 22.2 Å². The number of halogens is 1. The molecule has 1 unspecified atom stereocenters. The van der Waals surface area contributed by atoms with Gasteiger partial charge < -0.3 is 18.9 Å². The van der Waals surface area contributed by atoms with E-state index < -0.39 is 0 Å². The highest BCUT2D eigenvalue weighted by molar-refractivity contribution is 9.10. The van der Waals surface area contributed by atoms with Gasteiger partial charge in [-0.3, -0.25) is 4.79 Å². The van der Waals surface area contributed by atoms with Gasteiger partial charge in [0.1, 0.15) is 29.7 Å². The minimum atomic E-state index is -0.187. The number of ether oxygens (including phenoxy) is 4. The van der Waals surface area contributed by atoms with Crippen molar-refractivity contribution in [2.45, 2.75) is 25.6 Å². The maximum Gasteiger partial charge on any atom is 0.222 e. The van der Waals surface area contributed by atoms with Crippen molar-refractivity contribution in [2.75, 3.05) is 19.8 Å². The van der Waals surface area contributed by atoms with Crippen LogP contribution in [0.3, 0.4) is 0 Å². The van der Waals surface area contributed by atoms with Crippen LogP contribution in [0.1, 0.15) is 35.2 Å². The first-order valence-corrected chi connectivity index (χ1v) is 9.67. The zero-order valence-electron chi connectivity index (χ0n) is 15.1. The number of nitriles is 1. The summed E-state index contributed by atoms with van der Waals surface area (Å²) in [6.45, 7) is 1.34. The lowest BCUT2D eigenvalue weighted by atomic mass is 10.2. The van der Waals surface area contributed by atoms with Crippen LogP contribution in [0.4, 0.5) is 0 Å². The molecule has 1 aromatic carbocycles. The lowest BCUT2D eigenvalue weighted by molar-refractivity contribution is -0.165. The van der Waals surface area contributed by atoms with E-state index in [1.54, 1.807) is 18.2 Å². The summed E-state index contributed by atoms with van der Waals surface area (Å²) in [7, 11) is 0. The second-order valence-corrected chi connectivity index (χ2v) is 6.90. The standard InChI is InChI=1S/C20H19BrN2O5/c21-17-5-4-16(9-14(17)13-24)28-19-10-18(15(11-22)12-23-19)25-7-8-27-20-3-1-2-6-26-20/h4-5,9-10,12-13,20H,1-3,6-8H2. The van der Waals surface area contributed by atoms with Crippen molar-refractivity contribution in [3.8, 4) is 23.4 Å². The summed E-state index contributed by atoms with van der Waals surface area (Å²) in [5.74, 6) is 1.06. The highest BCUT2D eigenvalue weighted by Gasteiger charge is 2.14. The molecule has 0 N–H and O–H groups in total. The van der Waals surface area contributed by atoms with Crippen molar-refractivity contribution in [3.63, 3.8) is 0 Å². The van der Waals surface area contributed by atoms with Gasteiger partial charge in [-0.25, -0.2) is 4.98 Å². The zero-order chi connectivity index (χ0) is 19.8. The Balaban J connectivity index is 1.61. The van der Waals surface area contributed by atoms with E-state index in [2.05, 4.69) is 20.9 Å². The Kier molecular flexibility index (Phi) is 7.37. The molecule has 1 fully saturated rings. The van der Waals surface area contributed by atoms with Crippen LogP contribution in [0.15, 0.2) is 34.9 Å². The summed E-state index contributed by atoms with van der Waals surface area (Å²) in [4.78, 5) is 15.2. The number of carbonyl (C=O) groups excluding carboxylic acids is 1. The second-order valence-electron chi connectivity index (χ2n) is 6.05. The highest BCUT2D eigenvalue weighted by atomic mass is 79.9. The Bertz CT molecular complexity index is 862. The van der Waals surface area contributed by atoms with Gasteiger partial charge in [-0.05, 0) is 37.5 Å². The number of aromatic nitrogens is 1. The number of rotatable bonds is 8. The highest BCUT2D eigenvalue weighted by Crippen LogP contribution is 2.28. The number of hydrogen-bond acceptors (Lipinski definition) is 7. The Morgan fingerprint density at radius 1 is 1.32 bits per heavy atom. The van der Waals surface area contributed by atoms with Gasteiger partial charge in [0.15, 0.2) is 12.6 Å². The predicted molar refractivity (Wildman–Crippen MR) is 104 cm³/mol. The predicted octanol–water partition coefficient (Wildman–Crippen LogP) is 4.24. The van der Waals surface area contributed by atoms with Crippen LogP contribution in [0.25, 0.3) is 0 Å². The number of benzene rings is 1. The Morgan fingerprint density at radius 2 is 2.21 bits per heavy atom. The van der Waals surface area contributed by atoms with Crippen LogP contribution >= 0.6 is 15.9 Å². The van der Waals surface area contributed by atoms with Crippen LogP contribution < -0.4 is 9.47 Å². The molecule has 1 aliphatic heterocycles. The van der Waals surface area contributed by atoms with E-state index in [0.717, 1.165) is 32.2 Å². The molecule has 1 aliphatic rings. The van der Waals surface area contributed by atoms with Gasteiger partial charge in [-0.2, -0.15) is 5.26 Å². The van der Waals surface area contributed by atoms with E-state index >= 15 is 0 Å². The van der Waals surface area contributed by atoms with Gasteiger partial charge in [-0.15, -0.1) is 0 Å². The number of pyridine rings is 1. The molecule has 146 valence electrons. The molecule has 1 saturated heterocycles. The normalized spacial score (nSPS) is 16.2. The van der Waals surface area contributed by atoms with Gasteiger partial charge in [0.2, 0.25) is 5.88 Å². The van der Waals surface area contributed by atoms with E-state index in [4.69, 9.17) is 18.9 Å². The SMILES string of the molecule is N#Cc1cnc(Oc2ccc(Br)c(C=O)c2)cc1OCCOC1CCCCO1. The van der Waals surface area contributed by atoms with Crippen molar-refractivity contribution < 1.29 is 23.7 Å². The molecule has 0 saturated carbocycles. The molecule has 0 aliphatic carbocycles. The summed E-state index contributed by atoms with van der Waals surface area (Å²) in [5.41, 5.74) is 0.760.